The first-order valence-electron chi connectivity index (χ1n) is 4.44. The lowest BCUT2D eigenvalue weighted by Gasteiger charge is -2.06. The highest BCUT2D eigenvalue weighted by molar-refractivity contribution is 5.87. The molecule has 0 aromatic rings. The molecule has 1 N–H and O–H groups in total. The van der Waals surface area contributed by atoms with Gasteiger partial charge in [0.1, 0.15) is 6.23 Å². The molecule has 4 nitrogen and oxygen atoms in total. The summed E-state index contributed by atoms with van der Waals surface area (Å²) in [6.07, 6.45) is 1.61. The van der Waals surface area contributed by atoms with Crippen molar-refractivity contribution < 1.29 is 14.3 Å². The van der Waals surface area contributed by atoms with E-state index in [-0.39, 0.29) is 12.2 Å². The van der Waals surface area contributed by atoms with E-state index in [0.29, 0.717) is 18.8 Å². The van der Waals surface area contributed by atoms with Crippen LogP contribution in [0.15, 0.2) is 11.6 Å². The van der Waals surface area contributed by atoms with Crippen molar-refractivity contribution in [1.82, 2.24) is 5.32 Å². The molecular weight excluding hydrogens is 170 g/mol. The molecule has 74 valence electrons. The number of hydrogen-bond acceptors (Lipinski definition) is 4. The van der Waals surface area contributed by atoms with Crippen molar-refractivity contribution in [1.29, 1.82) is 0 Å². The van der Waals surface area contributed by atoms with E-state index in [4.69, 9.17) is 9.47 Å². The zero-order valence-electron chi connectivity index (χ0n) is 8.00. The van der Waals surface area contributed by atoms with E-state index >= 15 is 0 Å². The summed E-state index contributed by atoms with van der Waals surface area (Å²) in [5, 5.41) is 3.08. The SMILES string of the molecule is CCOC(=O)/C(C)=C/C1NCCO1. The molecule has 0 aromatic heterocycles. The Labute approximate surface area is 77.9 Å². The minimum Gasteiger partial charge on any atom is -0.463 e. The van der Waals surface area contributed by atoms with Gasteiger partial charge in [-0.1, -0.05) is 0 Å². The van der Waals surface area contributed by atoms with Crippen molar-refractivity contribution >= 4 is 5.97 Å². The Bertz CT molecular complexity index is 207. The first-order chi connectivity index (χ1) is 6.24. The highest BCUT2D eigenvalue weighted by atomic mass is 16.5. The molecule has 0 amide bonds. The second-order valence-electron chi connectivity index (χ2n) is 2.82. The van der Waals surface area contributed by atoms with Crippen LogP contribution >= 0.6 is 0 Å². The van der Waals surface area contributed by atoms with Crippen LogP contribution in [0.25, 0.3) is 0 Å². The smallest absolute Gasteiger partial charge is 0.333 e. The lowest BCUT2D eigenvalue weighted by Crippen LogP contribution is -2.21. The van der Waals surface area contributed by atoms with Gasteiger partial charge in [-0.25, -0.2) is 4.79 Å². The molecule has 1 atom stereocenters. The summed E-state index contributed by atoms with van der Waals surface area (Å²) in [5.74, 6) is -0.278. The molecule has 0 saturated carbocycles. The molecule has 1 fully saturated rings. The van der Waals surface area contributed by atoms with Gasteiger partial charge in [-0.05, 0) is 19.9 Å². The van der Waals surface area contributed by atoms with Crippen LogP contribution in [0.4, 0.5) is 0 Å². The van der Waals surface area contributed by atoms with Crippen LogP contribution < -0.4 is 5.32 Å². The molecule has 0 radical (unpaired) electrons. The topological polar surface area (TPSA) is 47.6 Å². The third-order valence-electron chi connectivity index (χ3n) is 1.74. The van der Waals surface area contributed by atoms with Crippen molar-refractivity contribution in [3.05, 3.63) is 11.6 Å². The predicted molar refractivity (Wildman–Crippen MR) is 48.1 cm³/mol. The lowest BCUT2D eigenvalue weighted by atomic mass is 10.3. The predicted octanol–water partition coefficient (Wildman–Crippen LogP) is 0.442. The zero-order valence-corrected chi connectivity index (χ0v) is 8.00. The van der Waals surface area contributed by atoms with Crippen LogP contribution in [0.5, 0.6) is 0 Å². The Morgan fingerprint density at radius 2 is 2.54 bits per heavy atom. The Balaban J connectivity index is 2.44. The van der Waals surface area contributed by atoms with E-state index in [1.54, 1.807) is 19.9 Å². The van der Waals surface area contributed by atoms with E-state index in [9.17, 15) is 4.79 Å². The van der Waals surface area contributed by atoms with Crippen LogP contribution in [0.2, 0.25) is 0 Å². The number of carbonyl (C=O) groups excluding carboxylic acids is 1. The molecular formula is C9H15NO3. The fourth-order valence-corrected chi connectivity index (χ4v) is 1.09. The van der Waals surface area contributed by atoms with Gasteiger partial charge in [0.2, 0.25) is 0 Å². The van der Waals surface area contributed by atoms with Crippen molar-refractivity contribution in [3.8, 4) is 0 Å². The van der Waals surface area contributed by atoms with Crippen molar-refractivity contribution in [2.24, 2.45) is 0 Å². The number of carbonyl (C=O) groups is 1. The van der Waals surface area contributed by atoms with Crippen LogP contribution in [0.3, 0.4) is 0 Å². The minimum absolute atomic E-state index is 0.135. The molecule has 1 aliphatic rings. The van der Waals surface area contributed by atoms with Crippen LogP contribution in [-0.4, -0.2) is 32.0 Å². The first kappa shape index (κ1) is 10.2. The second-order valence-corrected chi connectivity index (χ2v) is 2.82. The average molecular weight is 185 g/mol. The Hall–Kier alpha value is -0.870. The summed E-state index contributed by atoms with van der Waals surface area (Å²) in [7, 11) is 0. The zero-order chi connectivity index (χ0) is 9.68. The van der Waals surface area contributed by atoms with Gasteiger partial charge in [-0.3, -0.25) is 5.32 Å². The van der Waals surface area contributed by atoms with Crippen molar-refractivity contribution in [3.63, 3.8) is 0 Å². The maximum Gasteiger partial charge on any atom is 0.333 e. The van der Waals surface area contributed by atoms with Gasteiger partial charge >= 0.3 is 5.97 Å². The number of ether oxygens (including phenoxy) is 2. The molecule has 0 bridgehead atoms. The number of rotatable bonds is 3. The van der Waals surface area contributed by atoms with E-state index < -0.39 is 0 Å². The third kappa shape index (κ3) is 3.16. The fourth-order valence-electron chi connectivity index (χ4n) is 1.09. The molecule has 1 unspecified atom stereocenters. The fraction of sp³-hybridized carbons (Fsp3) is 0.667. The quantitative estimate of drug-likeness (QED) is 0.512. The van der Waals surface area contributed by atoms with Gasteiger partial charge in [0.25, 0.3) is 0 Å². The maximum absolute atomic E-state index is 11.2. The van der Waals surface area contributed by atoms with Crippen molar-refractivity contribution in [2.75, 3.05) is 19.8 Å². The van der Waals surface area contributed by atoms with Gasteiger partial charge in [-0.2, -0.15) is 0 Å². The molecule has 1 aliphatic heterocycles. The maximum atomic E-state index is 11.2. The monoisotopic (exact) mass is 185 g/mol. The van der Waals surface area contributed by atoms with E-state index in [0.717, 1.165) is 6.54 Å². The van der Waals surface area contributed by atoms with Crippen LogP contribution in [0, 0.1) is 0 Å². The standard InChI is InChI=1S/C9H15NO3/c1-3-12-9(11)7(2)6-8-10-4-5-13-8/h6,8,10H,3-5H2,1-2H3/b7-6+. The van der Waals surface area contributed by atoms with Crippen LogP contribution in [-0.2, 0) is 14.3 Å². The summed E-state index contributed by atoms with van der Waals surface area (Å²) < 4.78 is 10.1. The van der Waals surface area contributed by atoms with Gasteiger partial charge in [0.15, 0.2) is 0 Å². The summed E-state index contributed by atoms with van der Waals surface area (Å²) >= 11 is 0. The lowest BCUT2D eigenvalue weighted by molar-refractivity contribution is -0.138. The Morgan fingerprint density at radius 1 is 1.77 bits per heavy atom. The summed E-state index contributed by atoms with van der Waals surface area (Å²) in [5.41, 5.74) is 0.584. The molecule has 13 heavy (non-hydrogen) atoms. The number of nitrogens with one attached hydrogen (secondary N) is 1. The normalized spacial score (nSPS) is 23.2. The Morgan fingerprint density at radius 3 is 3.08 bits per heavy atom. The molecule has 0 aromatic carbocycles. The summed E-state index contributed by atoms with van der Waals surface area (Å²) in [6.45, 7) is 5.44. The molecule has 1 saturated heterocycles. The molecule has 1 heterocycles. The van der Waals surface area contributed by atoms with Crippen LogP contribution in [0.1, 0.15) is 13.8 Å². The van der Waals surface area contributed by atoms with Gasteiger partial charge in [-0.15, -0.1) is 0 Å². The Kier molecular flexibility index (Phi) is 3.92. The summed E-state index contributed by atoms with van der Waals surface area (Å²) in [4.78, 5) is 11.2. The van der Waals surface area contributed by atoms with E-state index in [2.05, 4.69) is 5.32 Å². The third-order valence-corrected chi connectivity index (χ3v) is 1.74. The van der Waals surface area contributed by atoms with E-state index in [1.165, 1.54) is 0 Å². The molecule has 0 aliphatic carbocycles. The number of esters is 1. The molecule has 0 spiro atoms. The molecule has 4 heteroatoms. The number of hydrogen-bond donors (Lipinski definition) is 1. The largest absolute Gasteiger partial charge is 0.463 e. The highest BCUT2D eigenvalue weighted by Crippen LogP contribution is 2.03. The molecule has 1 rings (SSSR count). The van der Waals surface area contributed by atoms with Crippen molar-refractivity contribution in [2.45, 2.75) is 20.1 Å². The van der Waals surface area contributed by atoms with Gasteiger partial charge in [0, 0.05) is 12.1 Å². The summed E-state index contributed by atoms with van der Waals surface area (Å²) in [6, 6.07) is 0. The minimum atomic E-state index is -0.278. The highest BCUT2D eigenvalue weighted by Gasteiger charge is 2.14. The second kappa shape index (κ2) is 4.99. The van der Waals surface area contributed by atoms with Gasteiger partial charge in [0.05, 0.1) is 13.2 Å². The van der Waals surface area contributed by atoms with Gasteiger partial charge < -0.3 is 9.47 Å². The van der Waals surface area contributed by atoms with E-state index in [1.807, 2.05) is 0 Å². The first-order valence-corrected chi connectivity index (χ1v) is 4.44. The average Bonchev–Trinajstić information content (AvgIpc) is 2.57.